The summed E-state index contributed by atoms with van der Waals surface area (Å²) in [5.74, 6) is -0.917. The molecule has 0 saturated heterocycles. The molecule has 0 saturated carbocycles. The van der Waals surface area contributed by atoms with Crippen LogP contribution in [0.2, 0.25) is 0 Å². The lowest BCUT2D eigenvalue weighted by Crippen LogP contribution is -2.28. The van der Waals surface area contributed by atoms with Gasteiger partial charge in [-0.3, -0.25) is 10.1 Å². The van der Waals surface area contributed by atoms with E-state index >= 15 is 0 Å². The van der Waals surface area contributed by atoms with E-state index in [-0.39, 0.29) is 21.3 Å². The number of hydrogen-bond acceptors (Lipinski definition) is 7. The van der Waals surface area contributed by atoms with E-state index in [1.165, 1.54) is 14.1 Å². The summed E-state index contributed by atoms with van der Waals surface area (Å²) in [5, 5.41) is 11.2. The Morgan fingerprint density at radius 2 is 2.04 bits per heavy atom. The molecule has 0 N–H and O–H groups in total. The summed E-state index contributed by atoms with van der Waals surface area (Å²) in [7, 11) is -0.265. The van der Waals surface area contributed by atoms with Crippen LogP contribution in [0.1, 0.15) is 10.4 Å². The molecule has 0 aliphatic heterocycles. The van der Waals surface area contributed by atoms with Gasteiger partial charge in [-0.25, -0.2) is 9.78 Å². The highest BCUT2D eigenvalue weighted by Crippen LogP contribution is 2.30. The number of aromatic nitrogens is 2. The van der Waals surface area contributed by atoms with Crippen molar-refractivity contribution in [2.24, 2.45) is 0 Å². The standard InChI is InChI=1S/C11H11BrN4O6S/c1-14(2)23(20,21)15-9-5-8(16(18)19)6(10(17)22-3)4-7(9)13-11(15)12/h4-5H,1-3H3. The first-order chi connectivity index (χ1) is 10.6. The molecular weight excluding hydrogens is 396 g/mol. The number of imidazole rings is 1. The molecule has 0 bridgehead atoms. The molecule has 2 rings (SSSR count). The molecule has 0 spiro atoms. The van der Waals surface area contributed by atoms with E-state index in [2.05, 4.69) is 25.7 Å². The molecule has 0 radical (unpaired) electrons. The highest BCUT2D eigenvalue weighted by atomic mass is 79.9. The van der Waals surface area contributed by atoms with Gasteiger partial charge >= 0.3 is 16.2 Å². The summed E-state index contributed by atoms with van der Waals surface area (Å²) >= 11 is 3.01. The van der Waals surface area contributed by atoms with E-state index in [1.54, 1.807) is 0 Å². The Labute approximate surface area is 139 Å². The number of rotatable bonds is 4. The fourth-order valence-corrected chi connectivity index (χ4v) is 3.75. The third-order valence-electron chi connectivity index (χ3n) is 2.99. The van der Waals surface area contributed by atoms with Gasteiger partial charge in [0.1, 0.15) is 5.56 Å². The first-order valence-corrected chi connectivity index (χ1v) is 8.18. The van der Waals surface area contributed by atoms with Crippen LogP contribution in [-0.2, 0) is 14.9 Å². The van der Waals surface area contributed by atoms with E-state index in [4.69, 9.17) is 0 Å². The van der Waals surface area contributed by atoms with Crippen LogP contribution >= 0.6 is 15.9 Å². The number of nitro benzene ring substituents is 1. The van der Waals surface area contributed by atoms with Crippen LogP contribution < -0.4 is 0 Å². The summed E-state index contributed by atoms with van der Waals surface area (Å²) in [6.45, 7) is 0. The molecule has 0 atom stereocenters. The van der Waals surface area contributed by atoms with Crippen LogP contribution in [0.3, 0.4) is 0 Å². The van der Waals surface area contributed by atoms with Crippen LogP contribution in [0.25, 0.3) is 11.0 Å². The average molecular weight is 407 g/mol. The maximum atomic E-state index is 12.3. The van der Waals surface area contributed by atoms with E-state index < -0.39 is 26.8 Å². The molecule has 0 fully saturated rings. The SMILES string of the molecule is COC(=O)c1cc2nc(Br)n(S(=O)(=O)N(C)C)c2cc1[N+](=O)[O-]. The van der Waals surface area contributed by atoms with Gasteiger partial charge in [0.05, 0.1) is 23.1 Å². The molecule has 124 valence electrons. The van der Waals surface area contributed by atoms with Crippen molar-refractivity contribution in [2.75, 3.05) is 21.2 Å². The fourth-order valence-electron chi connectivity index (χ4n) is 1.87. The molecule has 1 heterocycles. The Bertz CT molecular complexity index is 920. The van der Waals surface area contributed by atoms with Gasteiger partial charge < -0.3 is 4.74 Å². The van der Waals surface area contributed by atoms with Crippen molar-refractivity contribution in [3.63, 3.8) is 0 Å². The number of esters is 1. The predicted octanol–water partition coefficient (Wildman–Crippen LogP) is 1.15. The minimum atomic E-state index is -3.97. The van der Waals surface area contributed by atoms with Crippen molar-refractivity contribution >= 4 is 48.8 Å². The minimum Gasteiger partial charge on any atom is -0.465 e. The monoisotopic (exact) mass is 406 g/mol. The van der Waals surface area contributed by atoms with Crippen molar-refractivity contribution in [3.05, 3.63) is 32.5 Å². The maximum Gasteiger partial charge on any atom is 0.344 e. The van der Waals surface area contributed by atoms with Crippen molar-refractivity contribution < 1.29 is 22.9 Å². The Kier molecular flexibility index (Phi) is 4.41. The Morgan fingerprint density at radius 1 is 1.43 bits per heavy atom. The second-order valence-corrected chi connectivity index (χ2v) is 7.24. The first-order valence-electron chi connectivity index (χ1n) is 5.99. The maximum absolute atomic E-state index is 12.3. The Hall–Kier alpha value is -2.05. The quantitative estimate of drug-likeness (QED) is 0.423. The van der Waals surface area contributed by atoms with Crippen LogP contribution in [0, 0.1) is 10.1 Å². The lowest BCUT2D eigenvalue weighted by atomic mass is 10.1. The van der Waals surface area contributed by atoms with E-state index in [9.17, 15) is 23.3 Å². The number of benzene rings is 1. The second-order valence-electron chi connectivity index (χ2n) is 4.54. The molecule has 0 amide bonds. The molecule has 1 aromatic heterocycles. The average Bonchev–Trinajstić information content (AvgIpc) is 2.80. The molecule has 2 aromatic rings. The van der Waals surface area contributed by atoms with Crippen LogP contribution in [-0.4, -0.2) is 53.8 Å². The Balaban J connectivity index is 2.91. The van der Waals surface area contributed by atoms with Gasteiger partial charge in [-0.2, -0.15) is 16.7 Å². The summed E-state index contributed by atoms with van der Waals surface area (Å²) in [5.41, 5.74) is -0.838. The third-order valence-corrected chi connectivity index (χ3v) is 5.51. The number of nitrogens with zero attached hydrogens (tertiary/aromatic N) is 4. The lowest BCUT2D eigenvalue weighted by Gasteiger charge is -2.13. The number of methoxy groups -OCH3 is 1. The molecule has 0 unspecified atom stereocenters. The molecule has 10 nitrogen and oxygen atoms in total. The van der Waals surface area contributed by atoms with E-state index in [1.807, 2.05) is 0 Å². The summed E-state index contributed by atoms with van der Waals surface area (Å²) in [4.78, 5) is 26.1. The van der Waals surface area contributed by atoms with Gasteiger partial charge in [0.25, 0.3) is 5.69 Å². The molecule has 12 heteroatoms. The zero-order chi connectivity index (χ0) is 17.5. The van der Waals surface area contributed by atoms with Gasteiger partial charge in [0.15, 0.2) is 4.73 Å². The molecule has 0 aliphatic carbocycles. The largest absolute Gasteiger partial charge is 0.465 e. The van der Waals surface area contributed by atoms with Gasteiger partial charge in [0, 0.05) is 20.2 Å². The van der Waals surface area contributed by atoms with Gasteiger partial charge in [-0.05, 0) is 22.0 Å². The highest BCUT2D eigenvalue weighted by Gasteiger charge is 2.28. The smallest absolute Gasteiger partial charge is 0.344 e. The van der Waals surface area contributed by atoms with Crippen LogP contribution in [0.5, 0.6) is 0 Å². The predicted molar refractivity (Wildman–Crippen MR) is 83.4 cm³/mol. The lowest BCUT2D eigenvalue weighted by molar-refractivity contribution is -0.385. The number of carbonyl (C=O) groups is 1. The van der Waals surface area contributed by atoms with Gasteiger partial charge in [-0.1, -0.05) is 0 Å². The number of halogens is 1. The van der Waals surface area contributed by atoms with Gasteiger partial charge in [-0.15, -0.1) is 0 Å². The molecule has 23 heavy (non-hydrogen) atoms. The second kappa shape index (κ2) is 5.86. The fraction of sp³-hybridized carbons (Fsp3) is 0.273. The zero-order valence-corrected chi connectivity index (χ0v) is 14.6. The third kappa shape index (κ3) is 2.80. The number of hydrogen-bond donors (Lipinski definition) is 0. The Morgan fingerprint density at radius 3 is 2.52 bits per heavy atom. The van der Waals surface area contributed by atoms with Gasteiger partial charge in [0.2, 0.25) is 0 Å². The first kappa shape index (κ1) is 17.3. The van der Waals surface area contributed by atoms with Crippen molar-refractivity contribution in [1.82, 2.24) is 13.3 Å². The number of nitro groups is 1. The minimum absolute atomic E-state index is 0.0371. The molecule has 0 aliphatic rings. The van der Waals surface area contributed by atoms with E-state index in [0.29, 0.717) is 0 Å². The van der Waals surface area contributed by atoms with Crippen LogP contribution in [0.15, 0.2) is 16.9 Å². The zero-order valence-electron chi connectivity index (χ0n) is 12.2. The summed E-state index contributed by atoms with van der Waals surface area (Å²) in [6.07, 6.45) is 0. The normalized spacial score (nSPS) is 11.9. The number of fused-ring (bicyclic) bond motifs is 1. The molecule has 1 aromatic carbocycles. The highest BCUT2D eigenvalue weighted by molar-refractivity contribution is 9.10. The van der Waals surface area contributed by atoms with Crippen molar-refractivity contribution in [3.8, 4) is 0 Å². The van der Waals surface area contributed by atoms with Crippen molar-refractivity contribution in [1.29, 1.82) is 0 Å². The topological polar surface area (TPSA) is 125 Å². The summed E-state index contributed by atoms with van der Waals surface area (Å²) in [6, 6.07) is 2.09. The van der Waals surface area contributed by atoms with E-state index in [0.717, 1.165) is 27.5 Å². The number of ether oxygens (including phenoxy) is 1. The van der Waals surface area contributed by atoms with Crippen LogP contribution in [0.4, 0.5) is 5.69 Å². The summed E-state index contributed by atoms with van der Waals surface area (Å²) < 4.78 is 30.8. The number of carbonyl (C=O) groups excluding carboxylic acids is 1. The van der Waals surface area contributed by atoms with Crippen molar-refractivity contribution in [2.45, 2.75) is 0 Å². The molecular formula is C11H11BrN4O6S.